The first kappa shape index (κ1) is 15.6. The largest absolute Gasteiger partial charge is 0.477 e. The van der Waals surface area contributed by atoms with Gasteiger partial charge in [0, 0.05) is 0 Å². The minimum absolute atomic E-state index is 0.110. The van der Waals surface area contributed by atoms with Crippen molar-refractivity contribution >= 4 is 15.7 Å². The zero-order valence-corrected chi connectivity index (χ0v) is 12.7. The van der Waals surface area contributed by atoms with Crippen molar-refractivity contribution in [2.24, 2.45) is 5.92 Å². The summed E-state index contributed by atoms with van der Waals surface area (Å²) >= 11 is 0. The summed E-state index contributed by atoms with van der Waals surface area (Å²) in [4.78, 5) is 0. The third kappa shape index (κ3) is 4.94. The van der Waals surface area contributed by atoms with Crippen LogP contribution in [0.5, 0.6) is 5.75 Å². The molecule has 1 aromatic rings. The number of hydrogen-bond acceptors (Lipinski definition) is 4. The summed E-state index contributed by atoms with van der Waals surface area (Å²) in [7, 11) is -3.39. The maximum Gasteiger partial charge on any atom is 0.233 e. The van der Waals surface area contributed by atoms with Gasteiger partial charge in [-0.2, -0.15) is 5.26 Å². The molecule has 1 saturated carbocycles. The summed E-state index contributed by atoms with van der Waals surface area (Å²) < 4.78 is 32.3. The molecule has 1 aliphatic carbocycles. The van der Waals surface area contributed by atoms with Crippen LogP contribution in [0.2, 0.25) is 0 Å². The van der Waals surface area contributed by atoms with Gasteiger partial charge in [0.2, 0.25) is 10.0 Å². The first-order chi connectivity index (χ1) is 10.1. The van der Waals surface area contributed by atoms with Crippen LogP contribution in [0, 0.1) is 17.2 Å². The van der Waals surface area contributed by atoms with Crippen molar-refractivity contribution in [1.29, 1.82) is 5.26 Å². The summed E-state index contributed by atoms with van der Waals surface area (Å²) in [5.74, 6) is 0.772. The Kier molecular flexibility index (Phi) is 5.45. The predicted molar refractivity (Wildman–Crippen MR) is 81.5 cm³/mol. The fourth-order valence-electron chi connectivity index (χ4n) is 2.66. The molecule has 0 spiro atoms. The Bertz CT molecular complexity index is 602. The highest BCUT2D eigenvalue weighted by atomic mass is 32.2. The maximum absolute atomic E-state index is 12.3. The molecule has 0 bridgehead atoms. The number of sulfonamides is 1. The monoisotopic (exact) mass is 308 g/mol. The SMILES string of the molecule is N#CCOc1ccccc1NS(=O)(=O)CC1CCCCC1. The van der Waals surface area contributed by atoms with Crippen LogP contribution in [0.4, 0.5) is 5.69 Å². The van der Waals surface area contributed by atoms with E-state index in [0.29, 0.717) is 11.4 Å². The van der Waals surface area contributed by atoms with Crippen LogP contribution in [0.15, 0.2) is 24.3 Å². The lowest BCUT2D eigenvalue weighted by atomic mass is 9.91. The Morgan fingerprint density at radius 1 is 1.24 bits per heavy atom. The predicted octanol–water partition coefficient (Wildman–Crippen LogP) is 2.91. The molecular formula is C15H20N2O3S. The van der Waals surface area contributed by atoms with Gasteiger partial charge in [-0.3, -0.25) is 4.72 Å². The van der Waals surface area contributed by atoms with Gasteiger partial charge in [-0.05, 0) is 30.9 Å². The Morgan fingerprint density at radius 2 is 1.95 bits per heavy atom. The Labute approximate surface area is 126 Å². The summed E-state index contributed by atoms with van der Waals surface area (Å²) in [6.45, 7) is -0.110. The van der Waals surface area contributed by atoms with E-state index in [1.807, 2.05) is 6.07 Å². The van der Waals surface area contributed by atoms with Crippen molar-refractivity contribution in [2.45, 2.75) is 32.1 Å². The quantitative estimate of drug-likeness (QED) is 0.876. The Hall–Kier alpha value is -1.74. The highest BCUT2D eigenvalue weighted by Crippen LogP contribution is 2.28. The molecular weight excluding hydrogens is 288 g/mol. The summed E-state index contributed by atoms with van der Waals surface area (Å²) in [5.41, 5.74) is 0.392. The van der Waals surface area contributed by atoms with Crippen molar-refractivity contribution < 1.29 is 13.2 Å². The Morgan fingerprint density at radius 3 is 2.67 bits per heavy atom. The van der Waals surface area contributed by atoms with E-state index in [-0.39, 0.29) is 18.3 Å². The Balaban J connectivity index is 2.04. The second-order valence-electron chi connectivity index (χ2n) is 5.33. The lowest BCUT2D eigenvalue weighted by molar-refractivity contribution is 0.370. The van der Waals surface area contributed by atoms with Gasteiger partial charge in [-0.25, -0.2) is 8.42 Å². The van der Waals surface area contributed by atoms with Crippen LogP contribution in [0.1, 0.15) is 32.1 Å². The topological polar surface area (TPSA) is 79.2 Å². The summed E-state index contributed by atoms with van der Waals surface area (Å²) in [6, 6.07) is 8.64. The van der Waals surface area contributed by atoms with Crippen LogP contribution >= 0.6 is 0 Å². The van der Waals surface area contributed by atoms with E-state index >= 15 is 0 Å². The number of rotatable bonds is 6. The molecule has 1 aromatic carbocycles. The number of ether oxygens (including phenoxy) is 1. The minimum atomic E-state index is -3.39. The van der Waals surface area contributed by atoms with Crippen LogP contribution in [0.25, 0.3) is 0 Å². The molecule has 0 amide bonds. The van der Waals surface area contributed by atoms with Crippen LogP contribution < -0.4 is 9.46 Å². The van der Waals surface area contributed by atoms with E-state index in [0.717, 1.165) is 25.7 Å². The van der Waals surface area contributed by atoms with Gasteiger partial charge in [0.25, 0.3) is 0 Å². The molecule has 0 saturated heterocycles. The van der Waals surface area contributed by atoms with E-state index in [1.165, 1.54) is 6.42 Å². The molecule has 114 valence electrons. The molecule has 0 aromatic heterocycles. The zero-order chi connectivity index (χ0) is 15.1. The molecule has 0 aliphatic heterocycles. The second kappa shape index (κ2) is 7.32. The highest BCUT2D eigenvalue weighted by Gasteiger charge is 2.22. The van der Waals surface area contributed by atoms with E-state index in [9.17, 15) is 8.42 Å². The van der Waals surface area contributed by atoms with E-state index in [4.69, 9.17) is 10.00 Å². The average Bonchev–Trinajstić information content (AvgIpc) is 2.46. The average molecular weight is 308 g/mol. The van der Waals surface area contributed by atoms with E-state index in [2.05, 4.69) is 4.72 Å². The molecule has 2 rings (SSSR count). The van der Waals surface area contributed by atoms with Gasteiger partial charge in [0.15, 0.2) is 6.61 Å². The van der Waals surface area contributed by atoms with E-state index in [1.54, 1.807) is 24.3 Å². The first-order valence-corrected chi connectivity index (χ1v) is 8.85. The smallest absolute Gasteiger partial charge is 0.233 e. The number of anilines is 1. The number of nitrogens with one attached hydrogen (secondary N) is 1. The minimum Gasteiger partial charge on any atom is -0.477 e. The van der Waals surface area contributed by atoms with Crippen LogP contribution in [-0.2, 0) is 10.0 Å². The molecule has 0 unspecified atom stereocenters. The van der Waals surface area contributed by atoms with Gasteiger partial charge in [0.1, 0.15) is 11.8 Å². The molecule has 6 heteroatoms. The molecule has 0 heterocycles. The highest BCUT2D eigenvalue weighted by molar-refractivity contribution is 7.92. The molecule has 0 radical (unpaired) electrons. The number of nitrogens with zero attached hydrogens (tertiary/aromatic N) is 1. The van der Waals surface area contributed by atoms with Crippen molar-refractivity contribution in [3.8, 4) is 11.8 Å². The number of nitriles is 1. The fraction of sp³-hybridized carbons (Fsp3) is 0.533. The lowest BCUT2D eigenvalue weighted by Gasteiger charge is -2.22. The van der Waals surface area contributed by atoms with Crippen molar-refractivity contribution in [1.82, 2.24) is 0 Å². The van der Waals surface area contributed by atoms with Crippen LogP contribution in [-0.4, -0.2) is 20.8 Å². The number of para-hydroxylation sites is 2. The van der Waals surface area contributed by atoms with Crippen molar-refractivity contribution in [2.75, 3.05) is 17.1 Å². The standard InChI is InChI=1S/C15H20N2O3S/c16-10-11-20-15-9-5-4-8-14(15)17-21(18,19)12-13-6-2-1-3-7-13/h4-5,8-9,13,17H,1-3,6-7,11-12H2. The van der Waals surface area contributed by atoms with Crippen molar-refractivity contribution in [3.63, 3.8) is 0 Å². The van der Waals surface area contributed by atoms with Gasteiger partial charge < -0.3 is 4.74 Å². The van der Waals surface area contributed by atoms with E-state index < -0.39 is 10.0 Å². The molecule has 21 heavy (non-hydrogen) atoms. The number of hydrogen-bond donors (Lipinski definition) is 1. The third-order valence-electron chi connectivity index (χ3n) is 3.62. The third-order valence-corrected chi connectivity index (χ3v) is 5.07. The van der Waals surface area contributed by atoms with Crippen molar-refractivity contribution in [3.05, 3.63) is 24.3 Å². The zero-order valence-electron chi connectivity index (χ0n) is 11.9. The second-order valence-corrected chi connectivity index (χ2v) is 7.10. The number of benzene rings is 1. The molecule has 1 aliphatic rings. The fourth-order valence-corrected chi connectivity index (χ4v) is 4.20. The van der Waals surface area contributed by atoms with Crippen LogP contribution in [0.3, 0.4) is 0 Å². The molecule has 1 N–H and O–H groups in total. The van der Waals surface area contributed by atoms with Gasteiger partial charge in [-0.1, -0.05) is 31.4 Å². The van der Waals surface area contributed by atoms with Gasteiger partial charge >= 0.3 is 0 Å². The van der Waals surface area contributed by atoms with Gasteiger partial charge in [-0.15, -0.1) is 0 Å². The maximum atomic E-state index is 12.3. The molecule has 5 nitrogen and oxygen atoms in total. The summed E-state index contributed by atoms with van der Waals surface area (Å²) in [5, 5.41) is 8.55. The molecule has 1 fully saturated rings. The first-order valence-electron chi connectivity index (χ1n) is 7.20. The normalized spacial score (nSPS) is 16.1. The molecule has 0 atom stereocenters. The summed E-state index contributed by atoms with van der Waals surface area (Å²) in [6.07, 6.45) is 5.39. The van der Waals surface area contributed by atoms with Gasteiger partial charge in [0.05, 0.1) is 11.4 Å². The lowest BCUT2D eigenvalue weighted by Crippen LogP contribution is -2.24.